The van der Waals surface area contributed by atoms with Gasteiger partial charge in [0.05, 0.1) is 12.8 Å². The molecule has 0 aliphatic heterocycles. The summed E-state index contributed by atoms with van der Waals surface area (Å²) in [5.74, 6) is -0.469. The van der Waals surface area contributed by atoms with Crippen LogP contribution < -0.4 is 9.47 Å². The van der Waals surface area contributed by atoms with Gasteiger partial charge in [-0.3, -0.25) is 9.59 Å². The van der Waals surface area contributed by atoms with Crippen LogP contribution in [0.3, 0.4) is 0 Å². The number of aliphatic carboxylic acids is 2. The van der Waals surface area contributed by atoms with Crippen molar-refractivity contribution in [2.45, 2.75) is 19.4 Å². The summed E-state index contributed by atoms with van der Waals surface area (Å²) in [4.78, 5) is 21.8. The first-order valence-electron chi connectivity index (χ1n) is 8.99. The molecule has 0 heterocycles. The smallest absolute Gasteiger partial charge is 0.307 e. The summed E-state index contributed by atoms with van der Waals surface area (Å²) in [6.45, 7) is 0.340. The maximum absolute atomic E-state index is 11.0. The molecule has 3 aromatic carbocycles. The number of rotatable bonds is 9. The van der Waals surface area contributed by atoms with Crippen molar-refractivity contribution in [3.63, 3.8) is 0 Å². The molecule has 0 fully saturated rings. The lowest BCUT2D eigenvalue weighted by Gasteiger charge is -2.14. The van der Waals surface area contributed by atoms with E-state index in [4.69, 9.17) is 19.7 Å². The Hall–Kier alpha value is -3.80. The minimum atomic E-state index is -0.938. The molecule has 6 heteroatoms. The van der Waals surface area contributed by atoms with Crippen molar-refractivity contribution in [1.82, 2.24) is 0 Å². The molecule has 0 atom stereocenters. The highest BCUT2D eigenvalue weighted by Gasteiger charge is 2.11. The number of benzene rings is 3. The number of carbonyl (C=O) groups is 2. The first-order chi connectivity index (χ1) is 14.0. The van der Waals surface area contributed by atoms with Gasteiger partial charge in [-0.2, -0.15) is 0 Å². The van der Waals surface area contributed by atoms with E-state index in [0.29, 0.717) is 35.0 Å². The summed E-state index contributed by atoms with van der Waals surface area (Å²) in [7, 11) is 0. The SMILES string of the molecule is O=C(O)Cc1ccc(Oc2cc(CC(=O)O)ccc2OCc2ccccc2)cc1. The van der Waals surface area contributed by atoms with Gasteiger partial charge in [-0.15, -0.1) is 0 Å². The molecular formula is C23H20O6. The molecule has 0 aliphatic carbocycles. The van der Waals surface area contributed by atoms with Gasteiger partial charge in [-0.05, 0) is 41.0 Å². The van der Waals surface area contributed by atoms with Crippen LogP contribution in [0.5, 0.6) is 17.2 Å². The highest BCUT2D eigenvalue weighted by molar-refractivity contribution is 5.71. The van der Waals surface area contributed by atoms with Crippen molar-refractivity contribution in [2.24, 2.45) is 0 Å². The second-order valence-electron chi connectivity index (χ2n) is 6.44. The highest BCUT2D eigenvalue weighted by atomic mass is 16.5. The molecule has 6 nitrogen and oxygen atoms in total. The monoisotopic (exact) mass is 392 g/mol. The lowest BCUT2D eigenvalue weighted by Crippen LogP contribution is -2.02. The van der Waals surface area contributed by atoms with E-state index in [1.807, 2.05) is 30.3 Å². The Morgan fingerprint density at radius 3 is 1.97 bits per heavy atom. The van der Waals surface area contributed by atoms with Crippen molar-refractivity contribution in [3.05, 3.63) is 89.5 Å². The van der Waals surface area contributed by atoms with E-state index < -0.39 is 11.9 Å². The van der Waals surface area contributed by atoms with Gasteiger partial charge >= 0.3 is 11.9 Å². The Morgan fingerprint density at radius 1 is 0.690 bits per heavy atom. The lowest BCUT2D eigenvalue weighted by atomic mass is 10.1. The summed E-state index contributed by atoms with van der Waals surface area (Å²) in [6.07, 6.45) is -0.202. The molecule has 2 N–H and O–H groups in total. The Bertz CT molecular complexity index is 980. The molecule has 0 bridgehead atoms. The molecule has 0 aliphatic rings. The lowest BCUT2D eigenvalue weighted by molar-refractivity contribution is -0.137. The van der Waals surface area contributed by atoms with Gasteiger partial charge in [0.1, 0.15) is 12.4 Å². The molecule has 0 unspecified atom stereocenters. The van der Waals surface area contributed by atoms with Crippen LogP contribution in [-0.4, -0.2) is 22.2 Å². The van der Waals surface area contributed by atoms with E-state index in [-0.39, 0.29) is 12.8 Å². The van der Waals surface area contributed by atoms with E-state index in [1.54, 1.807) is 42.5 Å². The Balaban J connectivity index is 1.80. The van der Waals surface area contributed by atoms with Gasteiger partial charge in [0, 0.05) is 0 Å². The molecule has 0 aromatic heterocycles. The van der Waals surface area contributed by atoms with Gasteiger partial charge in [-0.25, -0.2) is 0 Å². The van der Waals surface area contributed by atoms with Gasteiger partial charge < -0.3 is 19.7 Å². The average Bonchev–Trinajstić information content (AvgIpc) is 2.69. The fourth-order valence-electron chi connectivity index (χ4n) is 2.75. The number of hydrogen-bond donors (Lipinski definition) is 2. The summed E-state index contributed by atoms with van der Waals surface area (Å²) in [6, 6.07) is 21.4. The number of ether oxygens (including phenoxy) is 2. The molecule has 0 spiro atoms. The van der Waals surface area contributed by atoms with Crippen molar-refractivity contribution in [2.75, 3.05) is 0 Å². The van der Waals surface area contributed by atoms with Crippen LogP contribution in [0.1, 0.15) is 16.7 Å². The number of hydrogen-bond acceptors (Lipinski definition) is 4. The van der Waals surface area contributed by atoms with E-state index in [9.17, 15) is 9.59 Å². The van der Waals surface area contributed by atoms with Crippen LogP contribution in [0.2, 0.25) is 0 Å². The van der Waals surface area contributed by atoms with Crippen LogP contribution in [0.25, 0.3) is 0 Å². The minimum Gasteiger partial charge on any atom is -0.485 e. The summed E-state index contributed by atoms with van der Waals surface area (Å²) in [5, 5.41) is 17.9. The van der Waals surface area contributed by atoms with E-state index in [1.165, 1.54) is 0 Å². The quantitative estimate of drug-likeness (QED) is 0.564. The summed E-state index contributed by atoms with van der Waals surface area (Å²) in [5.41, 5.74) is 2.23. The predicted molar refractivity (Wildman–Crippen MR) is 106 cm³/mol. The zero-order valence-electron chi connectivity index (χ0n) is 15.6. The van der Waals surface area contributed by atoms with Crippen molar-refractivity contribution in [3.8, 4) is 17.2 Å². The molecule has 0 saturated carbocycles. The zero-order valence-corrected chi connectivity index (χ0v) is 15.6. The first kappa shape index (κ1) is 19.9. The fraction of sp³-hybridized carbons (Fsp3) is 0.130. The fourth-order valence-corrected chi connectivity index (χ4v) is 2.75. The molecule has 3 aromatic rings. The number of carboxylic acids is 2. The summed E-state index contributed by atoms with van der Waals surface area (Å²) < 4.78 is 11.8. The van der Waals surface area contributed by atoms with Crippen LogP contribution in [-0.2, 0) is 29.0 Å². The third-order valence-electron chi connectivity index (χ3n) is 4.11. The third-order valence-corrected chi connectivity index (χ3v) is 4.11. The molecule has 0 saturated heterocycles. The molecule has 3 rings (SSSR count). The van der Waals surface area contributed by atoms with Crippen LogP contribution in [0.15, 0.2) is 72.8 Å². The third kappa shape index (κ3) is 6.10. The predicted octanol–water partition coefficient (Wildman–Crippen LogP) is 4.31. The second-order valence-corrected chi connectivity index (χ2v) is 6.44. The maximum atomic E-state index is 11.0. The Kier molecular flexibility index (Phi) is 6.47. The molecule has 0 radical (unpaired) electrons. The molecule has 29 heavy (non-hydrogen) atoms. The topological polar surface area (TPSA) is 93.1 Å². The standard InChI is InChI=1S/C23H20O6/c24-22(25)13-16-6-9-19(10-7-16)29-21-12-18(14-23(26)27)8-11-20(21)28-15-17-4-2-1-3-5-17/h1-12H,13-15H2,(H,24,25)(H,26,27). The maximum Gasteiger partial charge on any atom is 0.307 e. The molecule has 0 amide bonds. The van der Waals surface area contributed by atoms with Crippen LogP contribution >= 0.6 is 0 Å². The van der Waals surface area contributed by atoms with E-state index >= 15 is 0 Å². The van der Waals surface area contributed by atoms with E-state index in [0.717, 1.165) is 5.56 Å². The van der Waals surface area contributed by atoms with Crippen molar-refractivity contribution < 1.29 is 29.3 Å². The normalized spacial score (nSPS) is 10.3. The van der Waals surface area contributed by atoms with Gasteiger partial charge in [0.25, 0.3) is 0 Å². The summed E-state index contributed by atoms with van der Waals surface area (Å²) >= 11 is 0. The van der Waals surface area contributed by atoms with Gasteiger partial charge in [0.2, 0.25) is 0 Å². The van der Waals surface area contributed by atoms with Crippen molar-refractivity contribution in [1.29, 1.82) is 0 Å². The van der Waals surface area contributed by atoms with E-state index in [2.05, 4.69) is 0 Å². The average molecular weight is 392 g/mol. The Labute approximate surface area is 168 Å². The van der Waals surface area contributed by atoms with Gasteiger partial charge in [0.15, 0.2) is 11.5 Å². The minimum absolute atomic E-state index is 0.0696. The van der Waals surface area contributed by atoms with Crippen molar-refractivity contribution >= 4 is 11.9 Å². The highest BCUT2D eigenvalue weighted by Crippen LogP contribution is 2.33. The zero-order chi connectivity index (χ0) is 20.6. The molecule has 148 valence electrons. The van der Waals surface area contributed by atoms with Crippen LogP contribution in [0, 0.1) is 0 Å². The Morgan fingerprint density at radius 2 is 1.31 bits per heavy atom. The van der Waals surface area contributed by atoms with Gasteiger partial charge in [-0.1, -0.05) is 48.5 Å². The number of carboxylic acid groups (broad SMARTS) is 2. The van der Waals surface area contributed by atoms with Crippen LogP contribution in [0.4, 0.5) is 0 Å². The molecular weight excluding hydrogens is 372 g/mol. The second kappa shape index (κ2) is 9.41. The largest absolute Gasteiger partial charge is 0.485 e. The first-order valence-corrected chi connectivity index (χ1v) is 8.99.